The summed E-state index contributed by atoms with van der Waals surface area (Å²) >= 11 is 1.13. The number of thiazole rings is 1. The number of nitro benzene ring substituents is 1. The molecule has 0 aliphatic heterocycles. The predicted octanol–water partition coefficient (Wildman–Crippen LogP) is 3.64. The highest BCUT2D eigenvalue weighted by atomic mass is 32.1. The predicted molar refractivity (Wildman–Crippen MR) is 109 cm³/mol. The van der Waals surface area contributed by atoms with Gasteiger partial charge in [-0.2, -0.15) is 4.99 Å². The van der Waals surface area contributed by atoms with E-state index >= 15 is 0 Å². The number of carbonyl (C=O) groups excluding carboxylic acids is 1. The fourth-order valence-corrected chi connectivity index (χ4v) is 3.99. The van der Waals surface area contributed by atoms with Crippen LogP contribution in [0.4, 0.5) is 5.69 Å². The van der Waals surface area contributed by atoms with Gasteiger partial charge < -0.3 is 8.98 Å². The largest absolute Gasteiger partial charge is 0.451 e. The number of para-hydroxylation sites is 1. The fraction of sp³-hybridized carbons (Fsp3) is 0.0500. The summed E-state index contributed by atoms with van der Waals surface area (Å²) in [7, 11) is 0. The molecule has 4 aromatic rings. The second kappa shape index (κ2) is 7.28. The van der Waals surface area contributed by atoms with Gasteiger partial charge in [0.1, 0.15) is 5.58 Å². The number of hydrogen-bond acceptors (Lipinski definition) is 6. The maximum atomic E-state index is 12.7. The molecule has 144 valence electrons. The number of allylic oxidation sites excluding steroid dienone is 1. The van der Waals surface area contributed by atoms with Gasteiger partial charge in [-0.15, -0.1) is 6.58 Å². The van der Waals surface area contributed by atoms with Crippen LogP contribution in [0.1, 0.15) is 10.6 Å². The zero-order valence-corrected chi connectivity index (χ0v) is 15.7. The molecule has 0 bridgehead atoms. The van der Waals surface area contributed by atoms with Crippen molar-refractivity contribution in [3.8, 4) is 0 Å². The third-order valence-electron chi connectivity index (χ3n) is 4.23. The number of aromatic nitrogens is 1. The quantitative estimate of drug-likeness (QED) is 0.292. The molecule has 0 saturated heterocycles. The SMILES string of the molecule is C=CCn1c(=NC(=O)c2cc(=O)c3ccccc3o2)sc2cc([N+](=O)[O-])ccc21. The topological polar surface area (TPSA) is 108 Å². The molecule has 0 unspecified atom stereocenters. The number of carbonyl (C=O) groups is 1. The summed E-state index contributed by atoms with van der Waals surface area (Å²) in [6.45, 7) is 4.05. The molecule has 0 spiro atoms. The highest BCUT2D eigenvalue weighted by Crippen LogP contribution is 2.23. The number of nitrogens with zero attached hydrogens (tertiary/aromatic N) is 3. The van der Waals surface area contributed by atoms with Crippen LogP contribution in [-0.4, -0.2) is 15.4 Å². The molecule has 8 nitrogen and oxygen atoms in total. The molecule has 0 N–H and O–H groups in total. The molecule has 0 fully saturated rings. The fourth-order valence-electron chi connectivity index (χ4n) is 2.92. The first-order valence-electron chi connectivity index (χ1n) is 8.48. The molecule has 0 saturated carbocycles. The van der Waals surface area contributed by atoms with Gasteiger partial charge in [0.15, 0.2) is 16.0 Å². The molecule has 1 amide bonds. The molecule has 0 aliphatic carbocycles. The first-order valence-corrected chi connectivity index (χ1v) is 9.30. The van der Waals surface area contributed by atoms with Crippen LogP contribution < -0.4 is 10.2 Å². The average molecular weight is 407 g/mol. The number of hydrogen-bond donors (Lipinski definition) is 0. The molecular weight excluding hydrogens is 394 g/mol. The van der Waals surface area contributed by atoms with Crippen LogP contribution in [-0.2, 0) is 6.54 Å². The van der Waals surface area contributed by atoms with E-state index in [0.29, 0.717) is 32.5 Å². The molecule has 0 atom stereocenters. The van der Waals surface area contributed by atoms with Gasteiger partial charge in [0.05, 0.1) is 20.5 Å². The van der Waals surface area contributed by atoms with Crippen LogP contribution >= 0.6 is 11.3 Å². The summed E-state index contributed by atoms with van der Waals surface area (Å²) in [5.74, 6) is -0.894. The second-order valence-corrected chi connectivity index (χ2v) is 7.09. The molecule has 2 aromatic heterocycles. The minimum atomic E-state index is -0.716. The summed E-state index contributed by atoms with van der Waals surface area (Å²) in [4.78, 5) is 39.9. The second-order valence-electron chi connectivity index (χ2n) is 6.08. The Morgan fingerprint density at radius 1 is 1.28 bits per heavy atom. The zero-order valence-electron chi connectivity index (χ0n) is 14.9. The van der Waals surface area contributed by atoms with Crippen molar-refractivity contribution in [1.82, 2.24) is 4.57 Å². The van der Waals surface area contributed by atoms with Gasteiger partial charge in [-0.1, -0.05) is 29.5 Å². The van der Waals surface area contributed by atoms with Crippen LogP contribution in [0.25, 0.3) is 21.2 Å². The zero-order chi connectivity index (χ0) is 20.5. The van der Waals surface area contributed by atoms with E-state index in [2.05, 4.69) is 11.6 Å². The molecule has 0 radical (unpaired) electrons. The Hall–Kier alpha value is -3.85. The van der Waals surface area contributed by atoms with E-state index < -0.39 is 10.8 Å². The molecular formula is C20H13N3O5S. The Morgan fingerprint density at radius 2 is 2.07 bits per heavy atom. The van der Waals surface area contributed by atoms with E-state index in [1.807, 2.05) is 0 Å². The minimum absolute atomic E-state index is 0.0529. The van der Waals surface area contributed by atoms with E-state index in [-0.39, 0.29) is 16.9 Å². The normalized spacial score (nSPS) is 11.8. The van der Waals surface area contributed by atoms with Crippen LogP contribution in [0.2, 0.25) is 0 Å². The van der Waals surface area contributed by atoms with E-state index in [4.69, 9.17) is 4.42 Å². The smallest absolute Gasteiger partial charge is 0.315 e. The third-order valence-corrected chi connectivity index (χ3v) is 5.27. The Bertz CT molecular complexity index is 1430. The molecule has 4 rings (SSSR count). The lowest BCUT2D eigenvalue weighted by molar-refractivity contribution is -0.384. The van der Waals surface area contributed by atoms with Crippen molar-refractivity contribution >= 4 is 44.1 Å². The van der Waals surface area contributed by atoms with Crippen LogP contribution in [0.3, 0.4) is 0 Å². The van der Waals surface area contributed by atoms with Crippen molar-refractivity contribution in [2.75, 3.05) is 0 Å². The first-order chi connectivity index (χ1) is 14.0. The maximum absolute atomic E-state index is 12.7. The van der Waals surface area contributed by atoms with Gasteiger partial charge in [-0.3, -0.25) is 19.7 Å². The summed E-state index contributed by atoms with van der Waals surface area (Å²) in [5.41, 5.74) is 0.593. The third kappa shape index (κ3) is 3.39. The number of non-ortho nitro benzene ring substituents is 1. The van der Waals surface area contributed by atoms with Crippen LogP contribution in [0.15, 0.2) is 75.4 Å². The van der Waals surface area contributed by atoms with Gasteiger partial charge in [0.25, 0.3) is 5.69 Å². The van der Waals surface area contributed by atoms with E-state index in [0.717, 1.165) is 17.4 Å². The van der Waals surface area contributed by atoms with Gasteiger partial charge in [-0.25, -0.2) is 0 Å². The van der Waals surface area contributed by atoms with Crippen molar-refractivity contribution in [1.29, 1.82) is 0 Å². The highest BCUT2D eigenvalue weighted by molar-refractivity contribution is 7.16. The van der Waals surface area contributed by atoms with Gasteiger partial charge >= 0.3 is 5.91 Å². The van der Waals surface area contributed by atoms with Gasteiger partial charge in [0, 0.05) is 24.7 Å². The number of amides is 1. The van der Waals surface area contributed by atoms with Crippen LogP contribution in [0, 0.1) is 10.1 Å². The lowest BCUT2D eigenvalue weighted by atomic mass is 10.2. The minimum Gasteiger partial charge on any atom is -0.451 e. The Labute approximate surface area is 166 Å². The Balaban J connectivity index is 1.87. The number of fused-ring (bicyclic) bond motifs is 2. The lowest BCUT2D eigenvalue weighted by Crippen LogP contribution is -2.17. The summed E-state index contributed by atoms with van der Waals surface area (Å²) in [5, 5.41) is 11.4. The van der Waals surface area contributed by atoms with Crippen molar-refractivity contribution in [3.63, 3.8) is 0 Å². The van der Waals surface area contributed by atoms with Crippen LogP contribution in [0.5, 0.6) is 0 Å². The molecule has 29 heavy (non-hydrogen) atoms. The van der Waals surface area contributed by atoms with Crippen molar-refractivity contribution < 1.29 is 14.1 Å². The number of rotatable bonds is 4. The standard InChI is InChI=1S/C20H13N3O5S/c1-2-9-22-14-8-7-12(23(26)27)10-18(14)29-20(22)21-19(25)17-11-15(24)13-5-3-4-6-16(13)28-17/h2-8,10-11H,1,9H2. The van der Waals surface area contributed by atoms with Gasteiger partial charge in [-0.05, 0) is 18.2 Å². The summed E-state index contributed by atoms with van der Waals surface area (Å²) in [6, 6.07) is 12.2. The summed E-state index contributed by atoms with van der Waals surface area (Å²) in [6.07, 6.45) is 1.63. The average Bonchev–Trinajstić information content (AvgIpc) is 3.04. The first kappa shape index (κ1) is 18.5. The molecule has 2 heterocycles. The van der Waals surface area contributed by atoms with Crippen molar-refractivity contribution in [2.24, 2.45) is 4.99 Å². The van der Waals surface area contributed by atoms with Crippen molar-refractivity contribution in [3.05, 3.63) is 92.1 Å². The number of nitro groups is 1. The highest BCUT2D eigenvalue weighted by Gasteiger charge is 2.15. The summed E-state index contributed by atoms with van der Waals surface area (Å²) < 4.78 is 7.86. The Kier molecular flexibility index (Phi) is 4.65. The van der Waals surface area contributed by atoms with Gasteiger partial charge in [0.2, 0.25) is 0 Å². The van der Waals surface area contributed by atoms with Crippen molar-refractivity contribution in [2.45, 2.75) is 6.54 Å². The molecule has 9 heteroatoms. The number of benzene rings is 2. The maximum Gasteiger partial charge on any atom is 0.315 e. The molecule has 2 aromatic carbocycles. The molecule has 0 aliphatic rings. The Morgan fingerprint density at radius 3 is 2.83 bits per heavy atom. The van der Waals surface area contributed by atoms with E-state index in [9.17, 15) is 19.7 Å². The van der Waals surface area contributed by atoms with E-state index in [1.165, 1.54) is 12.1 Å². The van der Waals surface area contributed by atoms with E-state index in [1.54, 1.807) is 41.0 Å². The monoisotopic (exact) mass is 407 g/mol. The lowest BCUT2D eigenvalue weighted by Gasteiger charge is -2.01.